The zero-order chi connectivity index (χ0) is 38.7. The van der Waals surface area contributed by atoms with Crippen molar-refractivity contribution in [3.05, 3.63) is 0 Å². The largest absolute Gasteiger partial charge is 0.461 e. The van der Waals surface area contributed by atoms with Crippen molar-refractivity contribution in [1.29, 1.82) is 0 Å². The topological polar surface area (TPSA) is 80.3 Å². The standard InChI is InChI=1S/C27H43F14NO4S2/c1-8-15(28)22(16(29)9-2,17(30)10-3)23(18(31)11-4,19(32)12-5)24(20(33)13-6,21(34)14-7)47(43,44)42-48(45,46)27(40,41)25(35,36)26(37,38)39/h15-21,42H,8-14H2,1-7H3. The maximum atomic E-state index is 17.0. The summed E-state index contributed by atoms with van der Waals surface area (Å²) in [5.41, 5.74) is -8.77. The third-order valence-corrected chi connectivity index (χ3v) is 13.5. The van der Waals surface area contributed by atoms with Gasteiger partial charge in [0, 0.05) is 0 Å². The highest BCUT2D eigenvalue weighted by Gasteiger charge is 2.85. The Balaban J connectivity index is 9.39. The molecule has 0 aliphatic carbocycles. The minimum atomic E-state index is -8.07. The lowest BCUT2D eigenvalue weighted by atomic mass is 9.44. The van der Waals surface area contributed by atoms with Crippen molar-refractivity contribution in [1.82, 2.24) is 4.13 Å². The second-order valence-electron chi connectivity index (χ2n) is 11.4. The maximum Gasteiger partial charge on any atom is 0.461 e. The predicted octanol–water partition coefficient (Wildman–Crippen LogP) is 8.97. The van der Waals surface area contributed by atoms with E-state index in [1.807, 2.05) is 0 Å². The lowest BCUT2D eigenvalue weighted by Gasteiger charge is -2.65. The molecule has 0 saturated heterocycles. The fraction of sp³-hybridized carbons (Fsp3) is 1.00. The molecule has 21 heteroatoms. The van der Waals surface area contributed by atoms with E-state index < -0.39 is 141 Å². The van der Waals surface area contributed by atoms with E-state index in [1.54, 1.807) is 0 Å². The molecule has 48 heavy (non-hydrogen) atoms. The SMILES string of the molecule is CCC(F)C(C(F)CC)(C(F)CC)C(C(F)CC)(C(F)CC)C(C(F)CC)(C(F)CC)S(=O)(=O)NS(=O)(=O)C(F)(F)C(F)(F)C(F)(F)F. The van der Waals surface area contributed by atoms with Gasteiger partial charge in [0.25, 0.3) is 10.0 Å². The van der Waals surface area contributed by atoms with E-state index in [9.17, 15) is 47.6 Å². The van der Waals surface area contributed by atoms with Crippen LogP contribution in [0.1, 0.15) is 93.4 Å². The Morgan fingerprint density at radius 1 is 0.458 bits per heavy atom. The van der Waals surface area contributed by atoms with Crippen LogP contribution >= 0.6 is 0 Å². The molecule has 0 amide bonds. The number of halogens is 14. The normalized spacial score (nSPS) is 22.4. The number of rotatable bonds is 21. The quantitative estimate of drug-likeness (QED) is 0.118. The van der Waals surface area contributed by atoms with Crippen molar-refractivity contribution >= 4 is 20.0 Å². The second-order valence-corrected chi connectivity index (χ2v) is 15.3. The second kappa shape index (κ2) is 16.0. The molecule has 7 atom stereocenters. The number of sulfonamides is 2. The molecular weight excluding hydrogens is 732 g/mol. The molecule has 0 fully saturated rings. The van der Waals surface area contributed by atoms with Crippen LogP contribution in [0.4, 0.5) is 61.5 Å². The van der Waals surface area contributed by atoms with Crippen LogP contribution in [-0.2, 0) is 20.0 Å². The van der Waals surface area contributed by atoms with Gasteiger partial charge in [-0.2, -0.15) is 30.7 Å². The molecule has 290 valence electrons. The molecular formula is C27H43F14NO4S2. The Morgan fingerprint density at radius 2 is 0.729 bits per heavy atom. The van der Waals surface area contributed by atoms with Gasteiger partial charge >= 0.3 is 17.4 Å². The summed E-state index contributed by atoms with van der Waals surface area (Å²) in [5, 5.41) is -7.50. The van der Waals surface area contributed by atoms with E-state index in [-0.39, 0.29) is 4.13 Å². The Morgan fingerprint density at radius 3 is 0.958 bits per heavy atom. The van der Waals surface area contributed by atoms with Crippen LogP contribution in [-0.4, -0.2) is 82.1 Å². The summed E-state index contributed by atoms with van der Waals surface area (Å²) in [4.78, 5) is 0. The fourth-order valence-corrected chi connectivity index (χ4v) is 11.5. The molecule has 5 nitrogen and oxygen atoms in total. The minimum Gasteiger partial charge on any atom is -0.247 e. The first-order valence-corrected chi connectivity index (χ1v) is 18.1. The van der Waals surface area contributed by atoms with Gasteiger partial charge in [0.15, 0.2) is 4.75 Å². The summed E-state index contributed by atoms with van der Waals surface area (Å²) in [6, 6.07) is 0. The summed E-state index contributed by atoms with van der Waals surface area (Å²) in [6.45, 7) is 5.21. The highest BCUT2D eigenvalue weighted by atomic mass is 32.3. The van der Waals surface area contributed by atoms with Gasteiger partial charge in [0.05, 0.1) is 10.8 Å². The van der Waals surface area contributed by atoms with Crippen LogP contribution in [0.5, 0.6) is 0 Å². The van der Waals surface area contributed by atoms with Crippen molar-refractivity contribution in [3.8, 4) is 0 Å². The van der Waals surface area contributed by atoms with E-state index in [0.717, 1.165) is 34.6 Å². The molecule has 0 radical (unpaired) electrons. The molecule has 0 aliphatic heterocycles. The Bertz CT molecular complexity index is 1200. The fourth-order valence-electron chi connectivity index (χ4n) is 7.07. The summed E-state index contributed by atoms with van der Waals surface area (Å²) < 4.78 is 261. The summed E-state index contributed by atoms with van der Waals surface area (Å²) in [6.07, 6.45) is -41.1. The van der Waals surface area contributed by atoms with Gasteiger partial charge in [-0.15, -0.1) is 4.13 Å². The monoisotopic (exact) mass is 775 g/mol. The first-order chi connectivity index (χ1) is 21.6. The number of alkyl halides is 14. The third-order valence-electron chi connectivity index (χ3n) is 9.07. The average molecular weight is 776 g/mol. The van der Waals surface area contributed by atoms with E-state index in [1.165, 1.54) is 0 Å². The molecule has 0 aromatic carbocycles. The molecule has 0 aromatic rings. The molecule has 0 spiro atoms. The van der Waals surface area contributed by atoms with Crippen molar-refractivity contribution in [2.24, 2.45) is 10.8 Å². The van der Waals surface area contributed by atoms with Gasteiger partial charge in [-0.3, -0.25) is 0 Å². The lowest BCUT2D eigenvalue weighted by Crippen LogP contribution is -2.82. The van der Waals surface area contributed by atoms with Crippen LogP contribution < -0.4 is 4.13 Å². The molecule has 7 unspecified atom stereocenters. The van der Waals surface area contributed by atoms with Crippen molar-refractivity contribution in [3.63, 3.8) is 0 Å². The average Bonchev–Trinajstić information content (AvgIpc) is 3.00. The van der Waals surface area contributed by atoms with E-state index in [2.05, 4.69) is 0 Å². The summed E-state index contributed by atoms with van der Waals surface area (Å²) in [7, 11) is -15.6. The first kappa shape index (κ1) is 46.9. The molecule has 0 aromatic heterocycles. The third kappa shape index (κ3) is 6.55. The summed E-state index contributed by atoms with van der Waals surface area (Å²) >= 11 is 0. The maximum absolute atomic E-state index is 17.0. The highest BCUT2D eigenvalue weighted by Crippen LogP contribution is 2.68. The van der Waals surface area contributed by atoms with Gasteiger partial charge in [-0.25, -0.2) is 47.6 Å². The highest BCUT2D eigenvalue weighted by molar-refractivity contribution is 8.06. The van der Waals surface area contributed by atoms with Crippen LogP contribution in [0.25, 0.3) is 0 Å². The molecule has 0 bridgehead atoms. The van der Waals surface area contributed by atoms with Crippen LogP contribution in [0.2, 0.25) is 0 Å². The molecule has 0 saturated carbocycles. The number of hydrogen-bond acceptors (Lipinski definition) is 4. The first-order valence-electron chi connectivity index (χ1n) is 15.2. The van der Waals surface area contributed by atoms with Crippen molar-refractivity contribution < 1.29 is 78.3 Å². The molecule has 0 aliphatic rings. The van der Waals surface area contributed by atoms with Crippen LogP contribution in [0.15, 0.2) is 0 Å². The smallest absolute Gasteiger partial charge is 0.247 e. The predicted molar refractivity (Wildman–Crippen MR) is 151 cm³/mol. The van der Waals surface area contributed by atoms with E-state index in [4.69, 9.17) is 0 Å². The Kier molecular flexibility index (Phi) is 15.7. The number of nitrogens with one attached hydrogen (secondary N) is 1. The van der Waals surface area contributed by atoms with Crippen molar-refractivity contribution in [2.45, 2.75) is 159 Å². The summed E-state index contributed by atoms with van der Waals surface area (Å²) in [5.74, 6) is -7.60. The van der Waals surface area contributed by atoms with Gasteiger partial charge in [-0.05, 0) is 44.9 Å². The Hall–Kier alpha value is -1.12. The molecule has 0 heterocycles. The van der Waals surface area contributed by atoms with Crippen LogP contribution in [0, 0.1) is 10.8 Å². The van der Waals surface area contributed by atoms with E-state index in [0.29, 0.717) is 13.8 Å². The molecule has 1 N–H and O–H groups in total. The van der Waals surface area contributed by atoms with Crippen molar-refractivity contribution in [2.75, 3.05) is 0 Å². The van der Waals surface area contributed by atoms with Gasteiger partial charge in [0.1, 0.15) is 43.2 Å². The van der Waals surface area contributed by atoms with Gasteiger partial charge in [-0.1, -0.05) is 48.5 Å². The number of hydrogen-bond donors (Lipinski definition) is 1. The minimum absolute atomic E-state index is 0.238. The lowest BCUT2D eigenvalue weighted by molar-refractivity contribution is -0.332. The van der Waals surface area contributed by atoms with Gasteiger partial charge in [0.2, 0.25) is 10.0 Å². The zero-order valence-electron chi connectivity index (χ0n) is 27.2. The van der Waals surface area contributed by atoms with Crippen LogP contribution in [0.3, 0.4) is 0 Å². The Labute approximate surface area is 272 Å². The zero-order valence-corrected chi connectivity index (χ0v) is 28.9. The molecule has 0 rings (SSSR count). The van der Waals surface area contributed by atoms with Gasteiger partial charge < -0.3 is 0 Å². The van der Waals surface area contributed by atoms with E-state index >= 15 is 30.7 Å².